The summed E-state index contributed by atoms with van der Waals surface area (Å²) in [6, 6.07) is -1.89. The number of amides is 2. The van der Waals surface area contributed by atoms with Gasteiger partial charge in [0.25, 0.3) is 0 Å². The molecule has 1 aliphatic carbocycles. The molecule has 2 atom stereocenters. The largest absolute Gasteiger partial charge is 0.471 e. The molecule has 126 valence electrons. The number of carbonyl (C=O) groups excluding carboxylic acids is 2. The van der Waals surface area contributed by atoms with Gasteiger partial charge in [-0.2, -0.15) is 26.3 Å². The van der Waals surface area contributed by atoms with E-state index >= 15 is 0 Å². The molecule has 0 saturated heterocycles. The molecule has 2 unspecified atom stereocenters. The Morgan fingerprint density at radius 1 is 0.773 bits per heavy atom. The molecular formula is C12H14F6N2O2. The lowest BCUT2D eigenvalue weighted by atomic mass is 9.99. The molecule has 0 bridgehead atoms. The van der Waals surface area contributed by atoms with Gasteiger partial charge in [-0.15, -0.1) is 0 Å². The fourth-order valence-corrected chi connectivity index (χ4v) is 1.93. The molecular weight excluding hydrogens is 318 g/mol. The zero-order valence-electron chi connectivity index (χ0n) is 11.2. The maximum absolute atomic E-state index is 12.1. The second kappa shape index (κ2) is 7.01. The summed E-state index contributed by atoms with van der Waals surface area (Å²) in [5, 5.41) is 3.49. The first-order valence-corrected chi connectivity index (χ1v) is 6.44. The van der Waals surface area contributed by atoms with E-state index in [9.17, 15) is 35.9 Å². The van der Waals surface area contributed by atoms with Crippen molar-refractivity contribution in [3.63, 3.8) is 0 Å². The van der Waals surface area contributed by atoms with E-state index in [1.54, 1.807) is 10.6 Å². The van der Waals surface area contributed by atoms with Crippen LogP contribution in [0.2, 0.25) is 0 Å². The summed E-state index contributed by atoms with van der Waals surface area (Å²) in [6.45, 7) is 0. The summed E-state index contributed by atoms with van der Waals surface area (Å²) in [5.41, 5.74) is 0. The van der Waals surface area contributed by atoms with Gasteiger partial charge < -0.3 is 10.6 Å². The summed E-state index contributed by atoms with van der Waals surface area (Å²) in [6.07, 6.45) is -6.43. The smallest absolute Gasteiger partial charge is 0.342 e. The standard InChI is InChI=1S/C12H14F6N2O2/c13-11(14,15)9(21)19-7-3-1-2-4-8(6-5-7)20-10(22)12(16,17)18/h5-8H,1-4H2,(H,19,21)(H,20,22)/b6-5-. The maximum atomic E-state index is 12.1. The quantitative estimate of drug-likeness (QED) is 0.602. The molecule has 1 rings (SSSR count). The van der Waals surface area contributed by atoms with Crippen LogP contribution in [0.1, 0.15) is 25.7 Å². The van der Waals surface area contributed by atoms with Gasteiger partial charge in [0.2, 0.25) is 0 Å². The second-order valence-electron chi connectivity index (χ2n) is 4.82. The predicted molar refractivity (Wildman–Crippen MR) is 63.6 cm³/mol. The van der Waals surface area contributed by atoms with Crippen molar-refractivity contribution < 1.29 is 35.9 Å². The highest BCUT2D eigenvalue weighted by atomic mass is 19.4. The zero-order valence-corrected chi connectivity index (χ0v) is 11.2. The minimum atomic E-state index is -5.03. The third-order valence-corrected chi connectivity index (χ3v) is 3.00. The Morgan fingerprint density at radius 3 is 1.36 bits per heavy atom. The molecule has 0 aliphatic heterocycles. The van der Waals surface area contributed by atoms with Crippen LogP contribution < -0.4 is 10.6 Å². The van der Waals surface area contributed by atoms with Gasteiger partial charge >= 0.3 is 24.2 Å². The second-order valence-corrected chi connectivity index (χ2v) is 4.82. The molecule has 0 aromatic rings. The summed E-state index contributed by atoms with van der Waals surface area (Å²) in [7, 11) is 0. The maximum Gasteiger partial charge on any atom is 0.471 e. The van der Waals surface area contributed by atoms with Gasteiger partial charge in [0.05, 0.1) is 0 Å². The van der Waals surface area contributed by atoms with E-state index in [4.69, 9.17) is 0 Å². The average molecular weight is 332 g/mol. The van der Waals surface area contributed by atoms with Gasteiger partial charge in [-0.1, -0.05) is 25.0 Å². The number of rotatable bonds is 2. The molecule has 22 heavy (non-hydrogen) atoms. The van der Waals surface area contributed by atoms with E-state index in [2.05, 4.69) is 0 Å². The molecule has 2 amide bonds. The van der Waals surface area contributed by atoms with E-state index in [1.807, 2.05) is 0 Å². The van der Waals surface area contributed by atoms with E-state index in [0.717, 1.165) is 0 Å². The first-order valence-electron chi connectivity index (χ1n) is 6.44. The van der Waals surface area contributed by atoms with Crippen LogP contribution in [-0.4, -0.2) is 36.3 Å². The van der Waals surface area contributed by atoms with Crippen LogP contribution in [0.4, 0.5) is 26.3 Å². The third-order valence-electron chi connectivity index (χ3n) is 3.00. The normalized spacial score (nSPS) is 24.8. The Morgan fingerprint density at radius 2 is 1.09 bits per heavy atom. The third kappa shape index (κ3) is 5.94. The summed E-state index contributed by atoms with van der Waals surface area (Å²) in [5.74, 6) is -4.22. The molecule has 0 spiro atoms. The van der Waals surface area contributed by atoms with Gasteiger partial charge in [-0.05, 0) is 12.8 Å². The molecule has 4 nitrogen and oxygen atoms in total. The lowest BCUT2D eigenvalue weighted by molar-refractivity contribution is -0.174. The molecule has 10 heteroatoms. The lowest BCUT2D eigenvalue weighted by Crippen LogP contribution is -2.44. The van der Waals surface area contributed by atoms with Crippen LogP contribution in [0.15, 0.2) is 12.2 Å². The van der Waals surface area contributed by atoms with Crippen LogP contribution in [0, 0.1) is 0 Å². The van der Waals surface area contributed by atoms with Crippen LogP contribution in [0.3, 0.4) is 0 Å². The van der Waals surface area contributed by atoms with Crippen molar-refractivity contribution in [3.05, 3.63) is 12.2 Å². The number of halogens is 6. The number of nitrogens with one attached hydrogen (secondary N) is 2. The molecule has 0 aromatic heterocycles. The molecule has 0 aromatic carbocycles. The first kappa shape index (κ1) is 18.3. The minimum Gasteiger partial charge on any atom is -0.342 e. The van der Waals surface area contributed by atoms with Crippen molar-refractivity contribution in [1.29, 1.82) is 0 Å². The van der Waals surface area contributed by atoms with Gasteiger partial charge in [-0.3, -0.25) is 9.59 Å². The highest BCUT2D eigenvalue weighted by Crippen LogP contribution is 2.19. The highest BCUT2D eigenvalue weighted by Gasteiger charge is 2.40. The summed E-state index contributed by atoms with van der Waals surface area (Å²) < 4.78 is 72.9. The van der Waals surface area contributed by atoms with Crippen LogP contribution in [0.25, 0.3) is 0 Å². The fraction of sp³-hybridized carbons (Fsp3) is 0.667. The van der Waals surface area contributed by atoms with E-state index < -0.39 is 36.3 Å². The Hall–Kier alpha value is -1.74. The molecule has 0 fully saturated rings. The Kier molecular flexibility index (Phi) is 5.84. The van der Waals surface area contributed by atoms with Gasteiger partial charge in [0.15, 0.2) is 0 Å². The van der Waals surface area contributed by atoms with Crippen molar-refractivity contribution in [1.82, 2.24) is 10.6 Å². The zero-order chi connectivity index (χ0) is 17.0. The van der Waals surface area contributed by atoms with E-state index in [1.165, 1.54) is 12.2 Å². The minimum absolute atomic E-state index is 0.234. The number of carbonyl (C=O) groups is 2. The van der Waals surface area contributed by atoms with Gasteiger partial charge in [-0.25, -0.2) is 0 Å². The number of hydrogen-bond acceptors (Lipinski definition) is 2. The van der Waals surface area contributed by atoms with Crippen molar-refractivity contribution in [2.75, 3.05) is 0 Å². The Bertz CT molecular complexity index is 404. The summed E-state index contributed by atoms with van der Waals surface area (Å²) >= 11 is 0. The molecule has 0 radical (unpaired) electrons. The molecule has 2 N–H and O–H groups in total. The van der Waals surface area contributed by atoms with E-state index in [0.29, 0.717) is 12.8 Å². The lowest BCUT2D eigenvalue weighted by Gasteiger charge is -2.22. The number of alkyl halides is 6. The van der Waals surface area contributed by atoms with Gasteiger partial charge in [0.1, 0.15) is 0 Å². The van der Waals surface area contributed by atoms with Crippen LogP contribution in [-0.2, 0) is 9.59 Å². The van der Waals surface area contributed by atoms with Crippen LogP contribution in [0.5, 0.6) is 0 Å². The topological polar surface area (TPSA) is 58.2 Å². The molecule has 0 heterocycles. The SMILES string of the molecule is O=C(NC1/C=C\C(NC(=O)C(F)(F)F)CCCC1)C(F)(F)F. The highest BCUT2D eigenvalue weighted by molar-refractivity contribution is 5.82. The van der Waals surface area contributed by atoms with Gasteiger partial charge in [0, 0.05) is 12.1 Å². The fourth-order valence-electron chi connectivity index (χ4n) is 1.93. The van der Waals surface area contributed by atoms with E-state index in [-0.39, 0.29) is 12.8 Å². The molecule has 1 aliphatic rings. The number of hydrogen-bond donors (Lipinski definition) is 2. The van der Waals surface area contributed by atoms with Crippen molar-refractivity contribution in [2.45, 2.75) is 50.1 Å². The Labute approximate surface area is 121 Å². The van der Waals surface area contributed by atoms with Crippen LogP contribution >= 0.6 is 0 Å². The predicted octanol–water partition coefficient (Wildman–Crippen LogP) is 2.21. The van der Waals surface area contributed by atoms with Crippen molar-refractivity contribution in [3.8, 4) is 0 Å². The summed E-state index contributed by atoms with van der Waals surface area (Å²) in [4.78, 5) is 21.7. The molecule has 0 saturated carbocycles. The van der Waals surface area contributed by atoms with Crippen molar-refractivity contribution in [2.24, 2.45) is 0 Å². The average Bonchev–Trinajstić information content (AvgIpc) is 2.33. The van der Waals surface area contributed by atoms with Crippen molar-refractivity contribution >= 4 is 11.8 Å². The monoisotopic (exact) mass is 332 g/mol. The Balaban J connectivity index is 2.67. The first-order chi connectivity index (χ1) is 10.00.